The second-order valence-electron chi connectivity index (χ2n) is 5.27. The van der Waals surface area contributed by atoms with E-state index in [2.05, 4.69) is 46.9 Å². The fourth-order valence-electron chi connectivity index (χ4n) is 1.52. The standard InChI is InChI=1S/C12H27NO/c1-9(2)11(4)13-10(3)8-12(5,6)14-7/h9-11,13H,8H2,1-7H3/t10-,11-/m1/s1. The molecule has 14 heavy (non-hydrogen) atoms. The fourth-order valence-corrected chi connectivity index (χ4v) is 1.52. The first-order valence-electron chi connectivity index (χ1n) is 5.59. The van der Waals surface area contributed by atoms with E-state index in [0.29, 0.717) is 18.0 Å². The maximum absolute atomic E-state index is 5.41. The van der Waals surface area contributed by atoms with E-state index >= 15 is 0 Å². The first-order valence-corrected chi connectivity index (χ1v) is 5.59. The Kier molecular flexibility index (Phi) is 5.68. The summed E-state index contributed by atoms with van der Waals surface area (Å²) in [4.78, 5) is 0. The summed E-state index contributed by atoms with van der Waals surface area (Å²) in [6, 6.07) is 1.07. The summed E-state index contributed by atoms with van der Waals surface area (Å²) in [6.45, 7) is 13.2. The van der Waals surface area contributed by atoms with E-state index in [1.165, 1.54) is 0 Å². The third kappa shape index (κ3) is 5.61. The molecule has 0 aliphatic carbocycles. The molecular formula is C12H27NO. The molecule has 0 saturated carbocycles. The Hall–Kier alpha value is -0.0800. The number of rotatable bonds is 6. The first-order chi connectivity index (χ1) is 6.28. The van der Waals surface area contributed by atoms with Gasteiger partial charge in [-0.05, 0) is 40.0 Å². The van der Waals surface area contributed by atoms with Crippen LogP contribution in [0.15, 0.2) is 0 Å². The Morgan fingerprint density at radius 3 is 2.00 bits per heavy atom. The predicted octanol–water partition coefficient (Wildman–Crippen LogP) is 2.82. The van der Waals surface area contributed by atoms with Crippen LogP contribution in [0.3, 0.4) is 0 Å². The molecule has 2 nitrogen and oxygen atoms in total. The van der Waals surface area contributed by atoms with Gasteiger partial charge in [-0.3, -0.25) is 0 Å². The Morgan fingerprint density at radius 1 is 1.14 bits per heavy atom. The van der Waals surface area contributed by atoms with Crippen LogP contribution in [-0.4, -0.2) is 24.8 Å². The summed E-state index contributed by atoms with van der Waals surface area (Å²) >= 11 is 0. The van der Waals surface area contributed by atoms with Crippen LogP contribution < -0.4 is 5.32 Å². The minimum absolute atomic E-state index is 0.0247. The molecule has 2 atom stereocenters. The molecule has 0 saturated heterocycles. The van der Waals surface area contributed by atoms with E-state index in [1.54, 1.807) is 7.11 Å². The Morgan fingerprint density at radius 2 is 1.64 bits per heavy atom. The van der Waals surface area contributed by atoms with Gasteiger partial charge in [0.05, 0.1) is 5.60 Å². The number of nitrogens with one attached hydrogen (secondary N) is 1. The number of hydrogen-bond acceptors (Lipinski definition) is 2. The zero-order valence-electron chi connectivity index (χ0n) is 10.8. The summed E-state index contributed by atoms with van der Waals surface area (Å²) in [6.07, 6.45) is 1.04. The molecule has 0 aliphatic rings. The molecule has 0 aromatic carbocycles. The van der Waals surface area contributed by atoms with Crippen LogP contribution in [0.25, 0.3) is 0 Å². The smallest absolute Gasteiger partial charge is 0.0637 e. The molecule has 0 radical (unpaired) electrons. The molecule has 0 rings (SSSR count). The minimum atomic E-state index is -0.0247. The van der Waals surface area contributed by atoms with Crippen LogP contribution in [0.4, 0.5) is 0 Å². The topological polar surface area (TPSA) is 21.3 Å². The van der Waals surface area contributed by atoms with Crippen molar-refractivity contribution in [1.29, 1.82) is 0 Å². The number of methoxy groups -OCH3 is 1. The monoisotopic (exact) mass is 201 g/mol. The molecule has 2 heteroatoms. The molecule has 0 aromatic heterocycles. The Balaban J connectivity index is 3.92. The Labute approximate surface area is 89.4 Å². The predicted molar refractivity (Wildman–Crippen MR) is 62.6 cm³/mol. The van der Waals surface area contributed by atoms with E-state index < -0.39 is 0 Å². The van der Waals surface area contributed by atoms with Gasteiger partial charge in [-0.1, -0.05) is 13.8 Å². The van der Waals surface area contributed by atoms with Gasteiger partial charge in [0.1, 0.15) is 0 Å². The molecule has 0 aromatic rings. The van der Waals surface area contributed by atoms with Gasteiger partial charge in [0.2, 0.25) is 0 Å². The van der Waals surface area contributed by atoms with Gasteiger partial charge in [0, 0.05) is 19.2 Å². The highest BCUT2D eigenvalue weighted by molar-refractivity contribution is 4.78. The van der Waals surface area contributed by atoms with Gasteiger partial charge < -0.3 is 10.1 Å². The molecular weight excluding hydrogens is 174 g/mol. The van der Waals surface area contributed by atoms with Crippen LogP contribution >= 0.6 is 0 Å². The molecule has 0 spiro atoms. The zero-order valence-corrected chi connectivity index (χ0v) is 10.8. The van der Waals surface area contributed by atoms with Crippen molar-refractivity contribution < 1.29 is 4.74 Å². The maximum atomic E-state index is 5.41. The van der Waals surface area contributed by atoms with Gasteiger partial charge in [-0.2, -0.15) is 0 Å². The van der Waals surface area contributed by atoms with Gasteiger partial charge in [-0.25, -0.2) is 0 Å². The molecule has 0 amide bonds. The molecule has 86 valence electrons. The van der Waals surface area contributed by atoms with Crippen molar-refractivity contribution in [3.8, 4) is 0 Å². The van der Waals surface area contributed by atoms with Crippen molar-refractivity contribution in [2.75, 3.05) is 7.11 Å². The van der Waals surface area contributed by atoms with Crippen LogP contribution in [0.2, 0.25) is 0 Å². The molecule has 0 heterocycles. The lowest BCUT2D eigenvalue weighted by Crippen LogP contribution is -2.42. The lowest BCUT2D eigenvalue weighted by molar-refractivity contribution is 0.00741. The average molecular weight is 201 g/mol. The van der Waals surface area contributed by atoms with E-state index in [-0.39, 0.29) is 5.60 Å². The van der Waals surface area contributed by atoms with E-state index in [1.807, 2.05) is 0 Å². The number of ether oxygens (including phenoxy) is 1. The van der Waals surface area contributed by atoms with Crippen molar-refractivity contribution in [2.24, 2.45) is 5.92 Å². The highest BCUT2D eigenvalue weighted by Crippen LogP contribution is 2.16. The zero-order chi connectivity index (χ0) is 11.4. The summed E-state index contributed by atoms with van der Waals surface area (Å²) in [5.74, 6) is 0.683. The average Bonchev–Trinajstić information content (AvgIpc) is 2.02. The lowest BCUT2D eigenvalue weighted by atomic mass is 9.98. The van der Waals surface area contributed by atoms with Crippen molar-refractivity contribution in [3.63, 3.8) is 0 Å². The van der Waals surface area contributed by atoms with Crippen LogP contribution in [-0.2, 0) is 4.74 Å². The summed E-state index contributed by atoms with van der Waals surface area (Å²) < 4.78 is 5.41. The largest absolute Gasteiger partial charge is 0.379 e. The van der Waals surface area contributed by atoms with Crippen LogP contribution in [0.1, 0.15) is 48.0 Å². The molecule has 0 fully saturated rings. The fraction of sp³-hybridized carbons (Fsp3) is 1.00. The van der Waals surface area contributed by atoms with Gasteiger partial charge >= 0.3 is 0 Å². The van der Waals surface area contributed by atoms with Crippen molar-refractivity contribution >= 4 is 0 Å². The maximum Gasteiger partial charge on any atom is 0.0637 e. The lowest BCUT2D eigenvalue weighted by Gasteiger charge is -2.30. The number of hydrogen-bond donors (Lipinski definition) is 1. The SMILES string of the molecule is COC(C)(C)C[C@@H](C)N[C@H](C)C(C)C. The summed E-state index contributed by atoms with van der Waals surface area (Å²) in [5, 5.41) is 3.59. The third-order valence-electron chi connectivity index (χ3n) is 2.90. The van der Waals surface area contributed by atoms with Crippen molar-refractivity contribution in [3.05, 3.63) is 0 Å². The van der Waals surface area contributed by atoms with Gasteiger partial charge in [0.15, 0.2) is 0 Å². The quantitative estimate of drug-likeness (QED) is 0.713. The second-order valence-corrected chi connectivity index (χ2v) is 5.27. The minimum Gasteiger partial charge on any atom is -0.379 e. The van der Waals surface area contributed by atoms with E-state index in [0.717, 1.165) is 6.42 Å². The Bertz CT molecular complexity index is 154. The third-order valence-corrected chi connectivity index (χ3v) is 2.90. The van der Waals surface area contributed by atoms with Gasteiger partial charge in [0.25, 0.3) is 0 Å². The molecule has 0 unspecified atom stereocenters. The second kappa shape index (κ2) is 5.72. The molecule has 0 bridgehead atoms. The van der Waals surface area contributed by atoms with Crippen LogP contribution in [0.5, 0.6) is 0 Å². The molecule has 0 aliphatic heterocycles. The first kappa shape index (κ1) is 13.9. The normalized spacial score (nSPS) is 17.1. The van der Waals surface area contributed by atoms with Crippen molar-refractivity contribution in [2.45, 2.75) is 65.6 Å². The molecule has 1 N–H and O–H groups in total. The van der Waals surface area contributed by atoms with Crippen molar-refractivity contribution in [1.82, 2.24) is 5.32 Å². The summed E-state index contributed by atoms with van der Waals surface area (Å²) in [5.41, 5.74) is -0.0247. The van der Waals surface area contributed by atoms with E-state index in [4.69, 9.17) is 4.74 Å². The van der Waals surface area contributed by atoms with E-state index in [9.17, 15) is 0 Å². The highest BCUT2D eigenvalue weighted by Gasteiger charge is 2.21. The van der Waals surface area contributed by atoms with Crippen LogP contribution in [0, 0.1) is 5.92 Å². The highest BCUT2D eigenvalue weighted by atomic mass is 16.5. The summed E-state index contributed by atoms with van der Waals surface area (Å²) in [7, 11) is 1.78. The van der Waals surface area contributed by atoms with Gasteiger partial charge in [-0.15, -0.1) is 0 Å².